The number of amides is 1. The molecule has 30 heavy (non-hydrogen) atoms. The third-order valence-corrected chi connectivity index (χ3v) is 8.72. The van der Waals surface area contributed by atoms with Gasteiger partial charge in [0.05, 0.1) is 23.0 Å². The summed E-state index contributed by atoms with van der Waals surface area (Å²) in [5.41, 5.74) is 2.30. The van der Waals surface area contributed by atoms with Crippen LogP contribution in [-0.4, -0.2) is 34.3 Å². The normalized spacial score (nSPS) is 23.3. The number of carbonyl (C=O) groups is 1. The quantitative estimate of drug-likeness (QED) is 0.684. The van der Waals surface area contributed by atoms with Crippen molar-refractivity contribution < 1.29 is 4.79 Å². The fourth-order valence-corrected chi connectivity index (χ4v) is 6.98. The number of benzene rings is 1. The highest BCUT2D eigenvalue weighted by Gasteiger charge is 2.35. The number of aromatic nitrogens is 1. The lowest BCUT2D eigenvalue weighted by atomic mass is 9.95. The van der Waals surface area contributed by atoms with E-state index in [9.17, 15) is 9.59 Å². The van der Waals surface area contributed by atoms with Crippen LogP contribution in [-0.2, 0) is 11.8 Å². The Morgan fingerprint density at radius 1 is 1.07 bits per heavy atom. The van der Waals surface area contributed by atoms with Gasteiger partial charge in [0.25, 0.3) is 11.5 Å². The highest BCUT2D eigenvalue weighted by molar-refractivity contribution is 8.08. The molecular formula is C22H24N4O2S2. The van der Waals surface area contributed by atoms with Crippen molar-refractivity contribution in [3.63, 3.8) is 0 Å². The van der Waals surface area contributed by atoms with Crippen LogP contribution in [0.4, 0.5) is 5.69 Å². The van der Waals surface area contributed by atoms with Crippen molar-refractivity contribution in [1.82, 2.24) is 9.58 Å². The van der Waals surface area contributed by atoms with Gasteiger partial charge in [-0.05, 0) is 31.9 Å². The Hall–Kier alpha value is -2.32. The number of carbonyl (C=O) groups excluding carboxylic acids is 1. The molecule has 5 rings (SSSR count). The van der Waals surface area contributed by atoms with Crippen LogP contribution in [0.5, 0.6) is 0 Å². The van der Waals surface area contributed by atoms with Crippen LogP contribution in [0, 0.1) is 0 Å². The van der Waals surface area contributed by atoms with E-state index in [1.807, 2.05) is 26.1 Å². The minimum absolute atomic E-state index is 0.0662. The third kappa shape index (κ3) is 2.96. The number of hydrazone groups is 1. The monoisotopic (exact) mass is 440 g/mol. The molecule has 8 heteroatoms. The van der Waals surface area contributed by atoms with E-state index in [0.29, 0.717) is 20.5 Å². The number of hydrogen-bond donors (Lipinski definition) is 0. The summed E-state index contributed by atoms with van der Waals surface area (Å²) < 4.78 is 2.97. The summed E-state index contributed by atoms with van der Waals surface area (Å²) in [7, 11) is 3.74. The maximum Gasteiger partial charge on any atom is 0.279 e. The summed E-state index contributed by atoms with van der Waals surface area (Å²) in [5, 5.41) is 7.20. The molecule has 0 unspecified atom stereocenters. The van der Waals surface area contributed by atoms with E-state index >= 15 is 0 Å². The Morgan fingerprint density at radius 2 is 1.80 bits per heavy atom. The first kappa shape index (κ1) is 19.6. The van der Waals surface area contributed by atoms with Gasteiger partial charge in [0.2, 0.25) is 0 Å². The Labute approximate surface area is 183 Å². The Bertz CT molecular complexity index is 1250. The van der Waals surface area contributed by atoms with Crippen molar-refractivity contribution in [3.8, 4) is 0 Å². The average molecular weight is 441 g/mol. The summed E-state index contributed by atoms with van der Waals surface area (Å²) in [5.74, 6) is -0.0662. The van der Waals surface area contributed by atoms with Gasteiger partial charge in [0, 0.05) is 19.0 Å². The molecule has 0 spiro atoms. The lowest BCUT2D eigenvalue weighted by molar-refractivity contribution is -0.126. The van der Waals surface area contributed by atoms with Crippen molar-refractivity contribution in [1.29, 1.82) is 0 Å². The predicted molar refractivity (Wildman–Crippen MR) is 123 cm³/mol. The summed E-state index contributed by atoms with van der Waals surface area (Å²) in [6, 6.07) is 8.31. The van der Waals surface area contributed by atoms with Crippen molar-refractivity contribution in [2.24, 2.45) is 12.1 Å². The SMILES string of the molecule is CC1=NN(C2CCCCC2)C(=O)C1=c1sc(=C2Sc3ccccc3N2C)c(=O)n1C. The van der Waals surface area contributed by atoms with E-state index < -0.39 is 0 Å². The van der Waals surface area contributed by atoms with Crippen LogP contribution < -0.4 is 19.7 Å². The molecule has 1 amide bonds. The summed E-state index contributed by atoms with van der Waals surface area (Å²) >= 11 is 3.00. The second-order valence-electron chi connectivity index (χ2n) is 8.04. The highest BCUT2D eigenvalue weighted by Crippen LogP contribution is 2.44. The number of hydrogen-bond acceptors (Lipinski definition) is 6. The highest BCUT2D eigenvalue weighted by atomic mass is 32.2. The number of fused-ring (bicyclic) bond motifs is 1. The van der Waals surface area contributed by atoms with Crippen LogP contribution in [0.2, 0.25) is 0 Å². The van der Waals surface area contributed by atoms with Crippen LogP contribution in [0.3, 0.4) is 0 Å². The summed E-state index contributed by atoms with van der Waals surface area (Å²) in [6.45, 7) is 1.87. The molecule has 1 aliphatic carbocycles. The number of thioether (sulfide) groups is 1. The van der Waals surface area contributed by atoms with Crippen LogP contribution in [0.1, 0.15) is 39.0 Å². The zero-order chi connectivity index (χ0) is 21.0. The van der Waals surface area contributed by atoms with Gasteiger partial charge >= 0.3 is 0 Å². The van der Waals surface area contributed by atoms with Crippen molar-refractivity contribution in [2.45, 2.75) is 50.0 Å². The van der Waals surface area contributed by atoms with Crippen molar-refractivity contribution in [3.05, 3.63) is 43.8 Å². The van der Waals surface area contributed by atoms with Gasteiger partial charge in [-0.25, -0.2) is 5.01 Å². The van der Waals surface area contributed by atoms with Gasteiger partial charge in [-0.2, -0.15) is 5.10 Å². The van der Waals surface area contributed by atoms with Crippen LogP contribution >= 0.6 is 23.1 Å². The van der Waals surface area contributed by atoms with Gasteiger partial charge in [-0.1, -0.05) is 43.2 Å². The van der Waals surface area contributed by atoms with Crippen LogP contribution in [0.25, 0.3) is 10.6 Å². The average Bonchev–Trinajstić information content (AvgIpc) is 3.35. The molecule has 0 saturated heterocycles. The molecule has 1 aromatic carbocycles. The first-order valence-electron chi connectivity index (χ1n) is 10.3. The first-order valence-corrected chi connectivity index (χ1v) is 11.9. The smallest absolute Gasteiger partial charge is 0.279 e. The Morgan fingerprint density at radius 3 is 2.53 bits per heavy atom. The lowest BCUT2D eigenvalue weighted by Gasteiger charge is -2.27. The lowest BCUT2D eigenvalue weighted by Crippen LogP contribution is -2.37. The maximum atomic E-state index is 13.3. The molecule has 1 aromatic heterocycles. The van der Waals surface area contributed by atoms with E-state index in [0.717, 1.165) is 41.3 Å². The standard InChI is InChI=1S/C22H24N4O2S2/c1-13-17(19(27)26(23-13)14-9-5-4-6-10-14)21-25(3)20(28)18(30-21)22-24(2)15-11-7-8-12-16(15)29-22/h7-8,11-12,14H,4-6,9-10H2,1-3H3. The first-order chi connectivity index (χ1) is 14.5. The van der Waals surface area contributed by atoms with E-state index in [-0.39, 0.29) is 17.5 Å². The molecule has 156 valence electrons. The molecule has 6 nitrogen and oxygen atoms in total. The molecule has 0 bridgehead atoms. The van der Waals surface area contributed by atoms with Gasteiger partial charge in [-0.3, -0.25) is 9.59 Å². The van der Waals surface area contributed by atoms with E-state index in [4.69, 9.17) is 0 Å². The van der Waals surface area contributed by atoms with E-state index in [1.54, 1.807) is 28.4 Å². The molecule has 3 heterocycles. The van der Waals surface area contributed by atoms with E-state index in [2.05, 4.69) is 22.1 Å². The molecule has 1 saturated carbocycles. The zero-order valence-electron chi connectivity index (χ0n) is 17.3. The largest absolute Gasteiger partial charge is 0.337 e. The number of para-hydroxylation sites is 1. The summed E-state index contributed by atoms with van der Waals surface area (Å²) in [4.78, 5) is 29.7. The topological polar surface area (TPSA) is 57.9 Å². The summed E-state index contributed by atoms with van der Waals surface area (Å²) in [6.07, 6.45) is 5.52. The molecule has 0 atom stereocenters. The fourth-order valence-electron chi connectivity index (χ4n) is 4.45. The molecule has 2 aliphatic heterocycles. The maximum absolute atomic E-state index is 13.3. The number of thiazole rings is 1. The number of nitrogens with zero attached hydrogens (tertiary/aromatic N) is 4. The molecular weight excluding hydrogens is 416 g/mol. The minimum Gasteiger partial charge on any atom is -0.337 e. The van der Waals surface area contributed by atoms with Crippen molar-refractivity contribution >= 4 is 51.0 Å². The van der Waals surface area contributed by atoms with Gasteiger partial charge in [-0.15, -0.1) is 11.3 Å². The molecule has 1 fully saturated rings. The van der Waals surface area contributed by atoms with E-state index in [1.165, 1.54) is 17.8 Å². The minimum atomic E-state index is -0.0682. The number of rotatable bonds is 1. The molecule has 0 N–H and O–H groups in total. The molecule has 2 aromatic rings. The van der Waals surface area contributed by atoms with Crippen LogP contribution in [0.15, 0.2) is 39.1 Å². The zero-order valence-corrected chi connectivity index (χ0v) is 19.0. The van der Waals surface area contributed by atoms with Gasteiger partial charge in [0.1, 0.15) is 14.2 Å². The van der Waals surface area contributed by atoms with Gasteiger partial charge in [0.15, 0.2) is 0 Å². The number of anilines is 1. The molecule has 3 aliphatic rings. The van der Waals surface area contributed by atoms with Gasteiger partial charge < -0.3 is 9.47 Å². The molecule has 0 radical (unpaired) electrons. The Kier molecular flexibility index (Phi) is 4.86. The third-order valence-electron chi connectivity index (χ3n) is 6.11. The Balaban J connectivity index is 1.64. The second kappa shape index (κ2) is 7.42. The fraction of sp³-hybridized carbons (Fsp3) is 0.409. The van der Waals surface area contributed by atoms with Crippen molar-refractivity contribution in [2.75, 3.05) is 11.9 Å². The predicted octanol–water partition coefficient (Wildman–Crippen LogP) is 2.46. The second-order valence-corrected chi connectivity index (χ2v) is 10.1.